The highest BCUT2D eigenvalue weighted by Gasteiger charge is 2.40. The highest BCUT2D eigenvalue weighted by Crippen LogP contribution is 2.58. The largest absolute Gasteiger partial charge is 0.309 e. The van der Waals surface area contributed by atoms with Crippen molar-refractivity contribution in [2.24, 2.45) is 0 Å². The maximum Gasteiger partial charge on any atom is 0.0543 e. The highest BCUT2D eigenvalue weighted by molar-refractivity contribution is 6.07. The minimum Gasteiger partial charge on any atom is -0.309 e. The van der Waals surface area contributed by atoms with Crippen LogP contribution in [0.1, 0.15) is 93.5 Å². The van der Waals surface area contributed by atoms with Crippen molar-refractivity contribution in [1.29, 1.82) is 0 Å². The van der Waals surface area contributed by atoms with E-state index in [0.29, 0.717) is 5.92 Å². The third-order valence-electron chi connectivity index (χ3n) is 14.3. The van der Waals surface area contributed by atoms with Gasteiger partial charge in [-0.15, -0.1) is 0 Å². The molecule has 0 N–H and O–H groups in total. The molecule has 1 heteroatoms. The van der Waals surface area contributed by atoms with E-state index in [2.05, 4.69) is 202 Å². The summed E-state index contributed by atoms with van der Waals surface area (Å²) in [6.45, 7) is 9.55. The van der Waals surface area contributed by atoms with Crippen LogP contribution in [0.15, 0.2) is 170 Å². The molecule has 0 bridgehead atoms. The van der Waals surface area contributed by atoms with E-state index in [9.17, 15) is 0 Å². The van der Waals surface area contributed by atoms with Crippen LogP contribution in [0.2, 0.25) is 0 Å². The average Bonchev–Trinajstić information content (AvgIpc) is 3.67. The molecule has 0 aromatic heterocycles. The first-order chi connectivity index (χ1) is 28.8. The number of para-hydroxylation sites is 2. The van der Waals surface area contributed by atoms with Crippen LogP contribution < -0.4 is 4.90 Å². The summed E-state index contributed by atoms with van der Waals surface area (Å²) in [6, 6.07) is 64.5. The van der Waals surface area contributed by atoms with Crippen molar-refractivity contribution in [3.05, 3.63) is 198 Å². The van der Waals surface area contributed by atoms with Gasteiger partial charge in [-0.2, -0.15) is 0 Å². The van der Waals surface area contributed by atoms with Gasteiger partial charge in [0.05, 0.1) is 17.1 Å². The Hall–Kier alpha value is -6.18. The summed E-state index contributed by atoms with van der Waals surface area (Å²) in [4.78, 5) is 2.62. The Kier molecular flexibility index (Phi) is 8.35. The van der Waals surface area contributed by atoms with Crippen LogP contribution in [0.3, 0.4) is 0 Å². The molecule has 59 heavy (non-hydrogen) atoms. The van der Waals surface area contributed by atoms with Crippen molar-refractivity contribution in [1.82, 2.24) is 0 Å². The lowest BCUT2D eigenvalue weighted by Gasteiger charge is -2.33. The van der Waals surface area contributed by atoms with E-state index in [0.717, 1.165) is 0 Å². The number of hydrogen-bond acceptors (Lipinski definition) is 1. The maximum atomic E-state index is 2.62. The Morgan fingerprint density at radius 1 is 0.373 bits per heavy atom. The lowest BCUT2D eigenvalue weighted by Crippen LogP contribution is -2.17. The summed E-state index contributed by atoms with van der Waals surface area (Å²) in [5, 5.41) is 2.73. The predicted molar refractivity (Wildman–Crippen MR) is 250 cm³/mol. The van der Waals surface area contributed by atoms with Crippen molar-refractivity contribution < 1.29 is 0 Å². The summed E-state index contributed by atoms with van der Waals surface area (Å²) in [6.07, 6.45) is 6.50. The van der Waals surface area contributed by atoms with Crippen LogP contribution in [0, 0.1) is 0 Å². The van der Waals surface area contributed by atoms with E-state index >= 15 is 0 Å². The summed E-state index contributed by atoms with van der Waals surface area (Å²) >= 11 is 0. The molecule has 0 heterocycles. The molecule has 8 aromatic rings. The molecule has 11 rings (SSSR count). The quantitative estimate of drug-likeness (QED) is 0.163. The van der Waals surface area contributed by atoms with Crippen LogP contribution in [0.4, 0.5) is 17.1 Å². The van der Waals surface area contributed by atoms with Gasteiger partial charge in [0.1, 0.15) is 0 Å². The first-order valence-corrected chi connectivity index (χ1v) is 21.8. The second-order valence-electron chi connectivity index (χ2n) is 18.2. The van der Waals surface area contributed by atoms with Gasteiger partial charge in [0, 0.05) is 27.5 Å². The van der Waals surface area contributed by atoms with Crippen molar-refractivity contribution in [2.75, 3.05) is 4.90 Å². The van der Waals surface area contributed by atoms with E-state index in [1.807, 2.05) is 0 Å². The van der Waals surface area contributed by atoms with Gasteiger partial charge in [-0.1, -0.05) is 199 Å². The number of fused-ring (bicyclic) bond motifs is 7. The third kappa shape index (κ3) is 5.44. The Morgan fingerprint density at radius 3 is 1.47 bits per heavy atom. The van der Waals surface area contributed by atoms with Gasteiger partial charge < -0.3 is 4.90 Å². The van der Waals surface area contributed by atoms with Gasteiger partial charge in [0.2, 0.25) is 0 Å². The molecule has 288 valence electrons. The first-order valence-electron chi connectivity index (χ1n) is 21.8. The van der Waals surface area contributed by atoms with E-state index < -0.39 is 0 Å². The maximum absolute atomic E-state index is 2.62. The number of hydrogen-bond donors (Lipinski definition) is 0. The molecule has 0 amide bonds. The number of benzene rings is 8. The lowest BCUT2D eigenvalue weighted by atomic mass is 9.80. The Balaban J connectivity index is 1.22. The van der Waals surface area contributed by atoms with Gasteiger partial charge in [0.25, 0.3) is 0 Å². The molecule has 8 aromatic carbocycles. The zero-order chi connectivity index (χ0) is 39.9. The minimum atomic E-state index is -0.132. The van der Waals surface area contributed by atoms with Gasteiger partial charge in [-0.05, 0) is 103 Å². The predicted octanol–water partition coefficient (Wildman–Crippen LogP) is 16.3. The molecular weight excluding hydrogens is 711 g/mol. The van der Waals surface area contributed by atoms with Crippen LogP contribution in [0.5, 0.6) is 0 Å². The zero-order valence-corrected chi connectivity index (χ0v) is 34.7. The summed E-state index contributed by atoms with van der Waals surface area (Å²) in [7, 11) is 0. The van der Waals surface area contributed by atoms with Crippen molar-refractivity contribution in [3.63, 3.8) is 0 Å². The van der Waals surface area contributed by atoms with Gasteiger partial charge >= 0.3 is 0 Å². The second kappa shape index (κ2) is 13.7. The molecule has 0 saturated heterocycles. The number of anilines is 3. The lowest BCUT2D eigenvalue weighted by molar-refractivity contribution is 0.445. The van der Waals surface area contributed by atoms with E-state index in [1.54, 1.807) is 0 Å². The first kappa shape index (κ1) is 35.9. The zero-order valence-electron chi connectivity index (χ0n) is 34.7. The molecular formula is C58H51N. The fourth-order valence-corrected chi connectivity index (χ4v) is 11.4. The standard InChI is InChI=1S/C58H51N/c1-57(2)47-31-12-8-26-45(47)55-44(30-18-33-49(55)57)42-25-11-15-36-52(42)59(53-37-19-34-50-56(53)46-27-9-13-32-48(46)58(50,3)4)51-35-14-10-24-41(51)43-29-17-23-39-22-16-28-40(54(39)43)38-20-6-5-7-21-38/h8-19,22-38H,5-7,20-21H2,1-4H3. The monoisotopic (exact) mass is 761 g/mol. The molecule has 0 unspecified atom stereocenters. The van der Waals surface area contributed by atoms with Gasteiger partial charge in [-0.3, -0.25) is 0 Å². The molecule has 3 aliphatic rings. The second-order valence-corrected chi connectivity index (χ2v) is 18.2. The fourth-order valence-electron chi connectivity index (χ4n) is 11.4. The normalized spacial score (nSPS) is 16.0. The fraction of sp³-hybridized carbons (Fsp3) is 0.207. The van der Waals surface area contributed by atoms with E-state index in [4.69, 9.17) is 0 Å². The number of nitrogens with zero attached hydrogens (tertiary/aromatic N) is 1. The van der Waals surface area contributed by atoms with Crippen LogP contribution >= 0.6 is 0 Å². The number of rotatable bonds is 6. The topological polar surface area (TPSA) is 3.24 Å². The molecule has 1 saturated carbocycles. The molecule has 0 atom stereocenters. The molecule has 0 radical (unpaired) electrons. The Labute approximate surface area is 350 Å². The molecule has 3 aliphatic carbocycles. The van der Waals surface area contributed by atoms with E-state index in [-0.39, 0.29) is 10.8 Å². The van der Waals surface area contributed by atoms with Crippen molar-refractivity contribution in [3.8, 4) is 44.5 Å². The smallest absolute Gasteiger partial charge is 0.0543 e. The Morgan fingerprint density at radius 2 is 0.814 bits per heavy atom. The minimum absolute atomic E-state index is 0.0941. The van der Waals surface area contributed by atoms with Crippen LogP contribution in [-0.4, -0.2) is 0 Å². The molecule has 0 aliphatic heterocycles. The molecule has 1 fully saturated rings. The van der Waals surface area contributed by atoms with Crippen molar-refractivity contribution in [2.45, 2.75) is 76.5 Å². The van der Waals surface area contributed by atoms with Gasteiger partial charge in [-0.25, -0.2) is 0 Å². The molecule has 0 spiro atoms. The Bertz CT molecular complexity index is 2930. The van der Waals surface area contributed by atoms with Crippen LogP contribution in [0.25, 0.3) is 55.3 Å². The molecule has 1 nitrogen and oxygen atoms in total. The summed E-state index contributed by atoms with van der Waals surface area (Å²) in [5.41, 5.74) is 20.8. The third-order valence-corrected chi connectivity index (χ3v) is 14.3. The highest BCUT2D eigenvalue weighted by atomic mass is 15.2. The average molecular weight is 762 g/mol. The SMILES string of the molecule is CC1(C)c2ccccc2-c2c(-c3ccccc3N(c3ccccc3-c3cccc4cccc(C5CCCCC5)c34)c3cccc4c3-c3ccccc3C4(C)C)cccc21. The van der Waals surface area contributed by atoms with E-state index in [1.165, 1.54) is 132 Å². The van der Waals surface area contributed by atoms with Gasteiger partial charge in [0.15, 0.2) is 0 Å². The summed E-state index contributed by atoms with van der Waals surface area (Å²) < 4.78 is 0. The summed E-state index contributed by atoms with van der Waals surface area (Å²) in [5.74, 6) is 0.584. The van der Waals surface area contributed by atoms with Crippen LogP contribution in [-0.2, 0) is 10.8 Å². The van der Waals surface area contributed by atoms with Crippen molar-refractivity contribution >= 4 is 27.8 Å².